The van der Waals surface area contributed by atoms with Crippen molar-refractivity contribution < 1.29 is 32.9 Å². The van der Waals surface area contributed by atoms with Crippen molar-refractivity contribution in [2.75, 3.05) is 40.9 Å². The third kappa shape index (κ3) is 29.9. The van der Waals surface area contributed by atoms with E-state index in [0.717, 1.165) is 38.5 Å². The number of nitrogens with one attached hydrogen (secondary N) is 1. The molecule has 0 aliphatic carbocycles. The summed E-state index contributed by atoms with van der Waals surface area (Å²) in [5.41, 5.74) is 0. The van der Waals surface area contributed by atoms with Gasteiger partial charge in [0.15, 0.2) is 0 Å². The van der Waals surface area contributed by atoms with Crippen molar-refractivity contribution in [1.29, 1.82) is 0 Å². The highest BCUT2D eigenvalue weighted by atomic mass is 31.2. The minimum absolute atomic E-state index is 0.0638. The fourth-order valence-corrected chi connectivity index (χ4v) is 5.77. The van der Waals surface area contributed by atoms with Crippen molar-refractivity contribution in [2.24, 2.45) is 0 Å². The molecule has 0 bridgehead atoms. The van der Waals surface area contributed by atoms with Crippen LogP contribution < -0.4 is 5.32 Å². The van der Waals surface area contributed by atoms with E-state index in [0.29, 0.717) is 17.4 Å². The Bertz CT molecular complexity index is 743. The second-order valence-electron chi connectivity index (χ2n) is 13.6. The van der Waals surface area contributed by atoms with E-state index in [-0.39, 0.29) is 19.1 Å². The number of quaternary nitrogens is 1. The van der Waals surface area contributed by atoms with Crippen LogP contribution >= 0.6 is 7.82 Å². The van der Waals surface area contributed by atoms with Gasteiger partial charge >= 0.3 is 7.82 Å². The van der Waals surface area contributed by atoms with Gasteiger partial charge in [0.1, 0.15) is 13.2 Å². The highest BCUT2D eigenvalue weighted by Gasteiger charge is 2.27. The Balaban J connectivity index is 4.57. The summed E-state index contributed by atoms with van der Waals surface area (Å²) in [6.07, 6.45) is 28.4. The summed E-state index contributed by atoms with van der Waals surface area (Å²) in [7, 11) is 1.57. The Morgan fingerprint density at radius 1 is 0.750 bits per heavy atom. The van der Waals surface area contributed by atoms with E-state index in [9.17, 15) is 19.4 Å². The molecule has 3 N–H and O–H groups in total. The van der Waals surface area contributed by atoms with E-state index in [1.807, 2.05) is 27.2 Å². The average Bonchev–Trinajstić information content (AvgIpc) is 2.95. The molecule has 0 aromatic heterocycles. The number of hydrogen-bond acceptors (Lipinski definition) is 5. The number of aliphatic hydroxyl groups is 1. The molecule has 0 rings (SSSR count). The molecule has 9 heteroatoms. The van der Waals surface area contributed by atoms with Gasteiger partial charge in [-0.05, 0) is 19.3 Å². The summed E-state index contributed by atoms with van der Waals surface area (Å²) < 4.78 is 23.4. The van der Waals surface area contributed by atoms with E-state index in [1.165, 1.54) is 96.3 Å². The maximum Gasteiger partial charge on any atom is 0.472 e. The standard InChI is InChI=1S/C35H71N2O6P/c1-6-8-10-12-14-16-17-18-19-21-22-24-26-28-34(38)33(32-43-44(40,41)42-31-30-37(3,4)5)36-35(39)29-27-25-23-20-15-13-11-9-7-2/h26,28,33-34,38H,6-25,27,29-32H2,1-5H3,(H-,36,39,40,41)/p+1/t33-,34+/m0/s1. The molecular weight excluding hydrogens is 575 g/mol. The van der Waals surface area contributed by atoms with E-state index >= 15 is 0 Å². The lowest BCUT2D eigenvalue weighted by Gasteiger charge is -2.25. The van der Waals surface area contributed by atoms with Gasteiger partial charge in [0.25, 0.3) is 0 Å². The van der Waals surface area contributed by atoms with Crippen LogP contribution in [0.2, 0.25) is 0 Å². The lowest BCUT2D eigenvalue weighted by Crippen LogP contribution is -2.45. The predicted molar refractivity (Wildman–Crippen MR) is 185 cm³/mol. The quantitative estimate of drug-likeness (QED) is 0.0292. The lowest BCUT2D eigenvalue weighted by atomic mass is 10.0. The van der Waals surface area contributed by atoms with Crippen molar-refractivity contribution >= 4 is 13.7 Å². The number of allylic oxidation sites excluding steroid dienone is 1. The molecule has 0 saturated carbocycles. The SMILES string of the molecule is CCCCCCCCCCCCCC=C[C@@H](O)[C@H](COP(=O)(O)OCC[N+](C)(C)C)NC(=O)CCCCCCCCCCC. The fourth-order valence-electron chi connectivity index (χ4n) is 5.04. The number of hydrogen-bond donors (Lipinski definition) is 3. The van der Waals surface area contributed by atoms with Crippen LogP contribution in [0.15, 0.2) is 12.2 Å². The van der Waals surface area contributed by atoms with E-state index in [1.54, 1.807) is 6.08 Å². The van der Waals surface area contributed by atoms with Crippen LogP contribution in [0.3, 0.4) is 0 Å². The van der Waals surface area contributed by atoms with Crippen LogP contribution in [0.4, 0.5) is 0 Å². The number of rotatable bonds is 32. The van der Waals surface area contributed by atoms with Gasteiger partial charge in [-0.3, -0.25) is 13.8 Å². The highest BCUT2D eigenvalue weighted by Crippen LogP contribution is 2.43. The van der Waals surface area contributed by atoms with E-state index < -0.39 is 20.0 Å². The van der Waals surface area contributed by atoms with Crippen LogP contribution in [0.1, 0.15) is 155 Å². The summed E-state index contributed by atoms with van der Waals surface area (Å²) >= 11 is 0. The summed E-state index contributed by atoms with van der Waals surface area (Å²) in [6.45, 7) is 4.76. The second-order valence-corrected chi connectivity index (χ2v) is 15.1. The Hall–Kier alpha value is -0.760. The molecule has 1 unspecified atom stereocenters. The smallest absolute Gasteiger partial charge is 0.387 e. The van der Waals surface area contributed by atoms with Gasteiger partial charge in [-0.1, -0.05) is 142 Å². The van der Waals surface area contributed by atoms with Crippen LogP contribution in [0.25, 0.3) is 0 Å². The highest BCUT2D eigenvalue weighted by molar-refractivity contribution is 7.47. The molecule has 0 aliphatic heterocycles. The van der Waals surface area contributed by atoms with Gasteiger partial charge in [-0.15, -0.1) is 0 Å². The van der Waals surface area contributed by atoms with E-state index in [4.69, 9.17) is 9.05 Å². The molecule has 0 aliphatic rings. The zero-order valence-corrected chi connectivity index (χ0v) is 30.3. The molecule has 3 atom stereocenters. The molecule has 0 saturated heterocycles. The largest absolute Gasteiger partial charge is 0.472 e. The lowest BCUT2D eigenvalue weighted by molar-refractivity contribution is -0.870. The van der Waals surface area contributed by atoms with Gasteiger partial charge in [-0.2, -0.15) is 0 Å². The first-order valence-corrected chi connectivity index (χ1v) is 19.6. The number of amides is 1. The van der Waals surface area contributed by atoms with Gasteiger partial charge in [-0.25, -0.2) is 4.57 Å². The number of likely N-dealkylation sites (N-methyl/N-ethyl adjacent to an activating group) is 1. The number of carbonyl (C=O) groups is 1. The zero-order valence-electron chi connectivity index (χ0n) is 29.4. The monoisotopic (exact) mass is 648 g/mol. The topological polar surface area (TPSA) is 105 Å². The van der Waals surface area contributed by atoms with Gasteiger partial charge in [0.05, 0.1) is 39.9 Å². The minimum Gasteiger partial charge on any atom is -0.387 e. The minimum atomic E-state index is -4.32. The first-order valence-electron chi connectivity index (χ1n) is 18.1. The number of aliphatic hydroxyl groups excluding tert-OH is 1. The zero-order chi connectivity index (χ0) is 32.9. The molecule has 0 radical (unpaired) electrons. The van der Waals surface area contributed by atoms with Crippen LogP contribution in [0.5, 0.6) is 0 Å². The van der Waals surface area contributed by atoms with Gasteiger partial charge in [0, 0.05) is 6.42 Å². The fraction of sp³-hybridized carbons (Fsp3) is 0.914. The number of carbonyl (C=O) groups excluding carboxylic acids is 1. The maximum atomic E-state index is 12.7. The van der Waals surface area contributed by atoms with Crippen molar-refractivity contribution in [3.05, 3.63) is 12.2 Å². The molecule has 0 fully saturated rings. The Morgan fingerprint density at radius 3 is 1.68 bits per heavy atom. The molecule has 262 valence electrons. The van der Waals surface area contributed by atoms with Crippen LogP contribution in [-0.4, -0.2) is 73.4 Å². The molecule has 0 heterocycles. The normalized spacial score (nSPS) is 15.0. The molecule has 1 amide bonds. The van der Waals surface area contributed by atoms with Crippen LogP contribution in [-0.2, 0) is 18.4 Å². The second kappa shape index (κ2) is 28.5. The average molecular weight is 648 g/mol. The first-order chi connectivity index (χ1) is 21.0. The third-order valence-corrected chi connectivity index (χ3v) is 8.99. The Morgan fingerprint density at radius 2 is 1.20 bits per heavy atom. The molecule has 8 nitrogen and oxygen atoms in total. The summed E-state index contributed by atoms with van der Waals surface area (Å²) in [6, 6.07) is -0.836. The number of nitrogens with zero attached hydrogens (tertiary/aromatic N) is 1. The summed E-state index contributed by atoms with van der Waals surface area (Å²) in [5, 5.41) is 13.7. The Labute approximate surface area is 272 Å². The van der Waals surface area contributed by atoms with E-state index in [2.05, 4.69) is 19.2 Å². The predicted octanol–water partition coefficient (Wildman–Crippen LogP) is 8.85. The van der Waals surface area contributed by atoms with Gasteiger partial charge < -0.3 is 19.8 Å². The number of phosphoric acid groups is 1. The van der Waals surface area contributed by atoms with Crippen molar-refractivity contribution in [2.45, 2.75) is 167 Å². The summed E-state index contributed by atoms with van der Waals surface area (Å²) in [4.78, 5) is 22.9. The molecular formula is C35H72N2O6P+. The van der Waals surface area contributed by atoms with Crippen molar-refractivity contribution in [3.8, 4) is 0 Å². The van der Waals surface area contributed by atoms with Crippen molar-refractivity contribution in [3.63, 3.8) is 0 Å². The summed E-state index contributed by atoms with van der Waals surface area (Å²) in [5.74, 6) is -0.182. The van der Waals surface area contributed by atoms with Crippen molar-refractivity contribution in [1.82, 2.24) is 5.32 Å². The maximum absolute atomic E-state index is 12.7. The number of phosphoric ester groups is 1. The molecule has 0 aromatic rings. The van der Waals surface area contributed by atoms with Gasteiger partial charge in [0.2, 0.25) is 5.91 Å². The molecule has 44 heavy (non-hydrogen) atoms. The number of unbranched alkanes of at least 4 members (excludes halogenated alkanes) is 19. The molecule has 0 spiro atoms. The van der Waals surface area contributed by atoms with Crippen LogP contribution in [0, 0.1) is 0 Å². The first kappa shape index (κ1) is 43.2. The molecule has 0 aromatic carbocycles. The third-order valence-electron chi connectivity index (χ3n) is 8.01. The Kier molecular flexibility index (Phi) is 28.0.